The van der Waals surface area contributed by atoms with Gasteiger partial charge in [0, 0.05) is 43.0 Å². The number of pyridine rings is 1. The molecular weight excluding hydrogens is 444 g/mol. The zero-order valence-corrected chi connectivity index (χ0v) is 21.8. The maximum absolute atomic E-state index is 11.6. The number of piperidine rings is 1. The van der Waals surface area contributed by atoms with Gasteiger partial charge in [-0.3, -0.25) is 9.69 Å². The van der Waals surface area contributed by atoms with Crippen LogP contribution >= 0.6 is 0 Å². The van der Waals surface area contributed by atoms with Gasteiger partial charge in [-0.25, -0.2) is 4.98 Å². The van der Waals surface area contributed by atoms with Gasteiger partial charge >= 0.3 is 0 Å². The highest BCUT2D eigenvalue weighted by Crippen LogP contribution is 2.33. The second-order valence-electron chi connectivity index (χ2n) is 10.2. The van der Waals surface area contributed by atoms with E-state index in [1.54, 1.807) is 6.92 Å². The Kier molecular flexibility index (Phi) is 7.04. The predicted molar refractivity (Wildman–Crippen MR) is 147 cm³/mol. The van der Waals surface area contributed by atoms with Crippen LogP contribution in [-0.2, 0) is 20.1 Å². The van der Waals surface area contributed by atoms with E-state index in [0.717, 1.165) is 50.2 Å². The number of likely N-dealkylation sites (tertiary alicyclic amines) is 1. The minimum Gasteiger partial charge on any atom is -0.331 e. The topological polar surface area (TPSA) is 50.2 Å². The van der Waals surface area contributed by atoms with Crippen molar-refractivity contribution < 1.29 is 4.79 Å². The van der Waals surface area contributed by atoms with E-state index in [1.807, 2.05) is 25.4 Å². The van der Waals surface area contributed by atoms with Crippen molar-refractivity contribution in [1.29, 1.82) is 0 Å². The Balaban J connectivity index is 1.33. The zero-order valence-electron chi connectivity index (χ0n) is 21.8. The Morgan fingerprint density at radius 2 is 1.81 bits per heavy atom. The molecule has 0 radical (unpaired) electrons. The number of carbonyl (C=O) groups excluding carboxylic acids is 1. The van der Waals surface area contributed by atoms with Crippen molar-refractivity contribution in [2.75, 3.05) is 20.1 Å². The molecule has 5 nitrogen and oxygen atoms in total. The summed E-state index contributed by atoms with van der Waals surface area (Å²) in [5.74, 6) is 0.695. The van der Waals surface area contributed by atoms with E-state index < -0.39 is 0 Å². The number of benzene rings is 2. The molecule has 1 N–H and O–H groups in total. The number of ketones is 1. The third kappa shape index (κ3) is 4.86. The molecule has 1 aliphatic rings. The smallest absolute Gasteiger partial charge is 0.159 e. The minimum absolute atomic E-state index is 0.129. The van der Waals surface area contributed by atoms with Crippen LogP contribution in [0, 0.1) is 6.92 Å². The number of carbonyl (C=O) groups is 1. The number of aryl methyl sites for hydroxylation is 2. The summed E-state index contributed by atoms with van der Waals surface area (Å²) in [6.45, 7) is 7.75. The number of fused-ring (bicyclic) bond motifs is 1. The summed E-state index contributed by atoms with van der Waals surface area (Å²) in [7, 11) is 4.13. The van der Waals surface area contributed by atoms with E-state index in [-0.39, 0.29) is 5.78 Å². The maximum atomic E-state index is 11.6. The third-order valence-electron chi connectivity index (χ3n) is 7.82. The number of nitrogens with zero attached hydrogens (tertiary/aromatic N) is 3. The van der Waals surface area contributed by atoms with Gasteiger partial charge in [0.15, 0.2) is 5.78 Å². The first kappa shape index (κ1) is 24.4. The van der Waals surface area contributed by atoms with Crippen LogP contribution in [0.4, 0.5) is 0 Å². The van der Waals surface area contributed by atoms with Crippen LogP contribution in [0.15, 0.2) is 60.8 Å². The molecule has 0 bridgehead atoms. The molecule has 0 atom stereocenters. The number of hydrogen-bond acceptors (Lipinski definition) is 4. The fraction of sp³-hybridized carbons (Fsp3) is 0.355. The first-order chi connectivity index (χ1) is 17.4. The molecule has 0 amide bonds. The highest BCUT2D eigenvalue weighted by molar-refractivity contribution is 5.94. The highest BCUT2D eigenvalue weighted by Gasteiger charge is 2.22. The van der Waals surface area contributed by atoms with Crippen LogP contribution < -0.4 is 5.32 Å². The molecule has 1 saturated heterocycles. The Labute approximate surface area is 214 Å². The van der Waals surface area contributed by atoms with E-state index in [4.69, 9.17) is 4.98 Å². The molecule has 0 saturated carbocycles. The zero-order chi connectivity index (χ0) is 25.2. The van der Waals surface area contributed by atoms with Crippen LogP contribution in [0.2, 0.25) is 0 Å². The number of hydrogen-bond donors (Lipinski definition) is 1. The van der Waals surface area contributed by atoms with E-state index in [0.29, 0.717) is 5.92 Å². The van der Waals surface area contributed by atoms with Gasteiger partial charge in [-0.15, -0.1) is 0 Å². The fourth-order valence-corrected chi connectivity index (χ4v) is 5.54. The largest absolute Gasteiger partial charge is 0.331 e. The van der Waals surface area contributed by atoms with Gasteiger partial charge in [-0.05, 0) is 98.8 Å². The van der Waals surface area contributed by atoms with Crippen molar-refractivity contribution in [2.45, 2.75) is 45.7 Å². The Bertz CT molecular complexity index is 1380. The summed E-state index contributed by atoms with van der Waals surface area (Å²) in [6.07, 6.45) is 4.22. The lowest BCUT2D eigenvalue weighted by atomic mass is 9.88. The van der Waals surface area contributed by atoms with Gasteiger partial charge in [0.05, 0.1) is 0 Å². The lowest BCUT2D eigenvalue weighted by Crippen LogP contribution is -2.33. The molecule has 5 rings (SSSR count). The molecule has 3 heterocycles. The van der Waals surface area contributed by atoms with Crippen LogP contribution in [0.5, 0.6) is 0 Å². The number of nitrogens with one attached hydrogen (secondary N) is 1. The molecule has 2 aromatic carbocycles. The summed E-state index contributed by atoms with van der Waals surface area (Å²) in [4.78, 5) is 18.9. The average molecular weight is 481 g/mol. The molecule has 0 unspecified atom stereocenters. The highest BCUT2D eigenvalue weighted by atomic mass is 16.1. The quantitative estimate of drug-likeness (QED) is 0.337. The maximum Gasteiger partial charge on any atom is 0.159 e. The molecule has 1 fully saturated rings. The lowest BCUT2D eigenvalue weighted by molar-refractivity contribution is 0.101. The summed E-state index contributed by atoms with van der Waals surface area (Å²) in [5.41, 5.74) is 9.62. The van der Waals surface area contributed by atoms with E-state index in [2.05, 4.69) is 71.2 Å². The minimum atomic E-state index is 0.129. The summed E-state index contributed by atoms with van der Waals surface area (Å²) >= 11 is 0. The van der Waals surface area contributed by atoms with E-state index in [1.165, 1.54) is 38.9 Å². The van der Waals surface area contributed by atoms with Gasteiger partial charge < -0.3 is 9.88 Å². The first-order valence-corrected chi connectivity index (χ1v) is 13.0. The molecular formula is C31H36N4O. The van der Waals surface area contributed by atoms with Crippen molar-refractivity contribution in [3.8, 4) is 11.1 Å². The van der Waals surface area contributed by atoms with Crippen molar-refractivity contribution in [1.82, 2.24) is 19.8 Å². The molecule has 4 aromatic rings. The normalized spacial score (nSPS) is 15.0. The number of aromatic nitrogens is 2. The second-order valence-corrected chi connectivity index (χ2v) is 10.2. The Hall–Kier alpha value is -3.28. The Morgan fingerprint density at radius 1 is 1.06 bits per heavy atom. The molecule has 5 heteroatoms. The van der Waals surface area contributed by atoms with Crippen LogP contribution in [0.3, 0.4) is 0 Å². The summed E-state index contributed by atoms with van der Waals surface area (Å²) in [5, 5.41) is 4.50. The molecule has 2 aromatic heterocycles. The second kappa shape index (κ2) is 10.4. The fourth-order valence-electron chi connectivity index (χ4n) is 5.54. The van der Waals surface area contributed by atoms with Crippen LogP contribution in [0.25, 0.3) is 22.2 Å². The monoisotopic (exact) mass is 480 g/mol. The first-order valence-electron chi connectivity index (χ1n) is 13.0. The lowest BCUT2D eigenvalue weighted by Gasteiger charge is -2.32. The Morgan fingerprint density at radius 3 is 2.50 bits per heavy atom. The standard InChI is InChI=1S/C31H36N4O/c1-21-5-6-26(17-27(21)19-32-3)29-11-14-33-31-30(29)18-28(34(31)4)20-35-15-12-25(13-16-35)24-9-7-23(8-10-24)22(2)36/h5-11,14,17-18,25,32H,12-13,15-16,19-20H2,1-4H3. The SMILES string of the molecule is CNCc1cc(-c2ccnc3c2cc(CN2CCC(c4ccc(C(C)=O)cc4)CC2)n3C)ccc1C. The van der Waals surface area contributed by atoms with Gasteiger partial charge in [-0.2, -0.15) is 0 Å². The molecule has 1 aliphatic heterocycles. The average Bonchev–Trinajstić information content (AvgIpc) is 3.21. The van der Waals surface area contributed by atoms with Crippen LogP contribution in [-0.4, -0.2) is 40.4 Å². The van der Waals surface area contributed by atoms with Crippen molar-refractivity contribution in [3.05, 3.63) is 88.7 Å². The summed E-state index contributed by atoms with van der Waals surface area (Å²) in [6, 6.07) is 19.5. The molecule has 36 heavy (non-hydrogen) atoms. The van der Waals surface area contributed by atoms with E-state index in [9.17, 15) is 4.79 Å². The molecule has 0 aliphatic carbocycles. The van der Waals surface area contributed by atoms with Gasteiger partial charge in [0.1, 0.15) is 5.65 Å². The van der Waals surface area contributed by atoms with Gasteiger partial charge in [0.25, 0.3) is 0 Å². The van der Waals surface area contributed by atoms with Crippen LogP contribution in [0.1, 0.15) is 58.4 Å². The summed E-state index contributed by atoms with van der Waals surface area (Å²) < 4.78 is 2.26. The van der Waals surface area contributed by atoms with Gasteiger partial charge in [-0.1, -0.05) is 36.4 Å². The predicted octanol–water partition coefficient (Wildman–Crippen LogP) is 5.85. The van der Waals surface area contributed by atoms with E-state index >= 15 is 0 Å². The van der Waals surface area contributed by atoms with Gasteiger partial charge in [0.2, 0.25) is 0 Å². The third-order valence-corrected chi connectivity index (χ3v) is 7.82. The molecule has 186 valence electrons. The number of Topliss-reactive ketones (excluding diaryl/α,β-unsaturated/α-hetero) is 1. The number of rotatable bonds is 7. The van der Waals surface area contributed by atoms with Crippen molar-refractivity contribution in [2.24, 2.45) is 7.05 Å². The van der Waals surface area contributed by atoms with Crippen molar-refractivity contribution >= 4 is 16.8 Å². The molecule has 0 spiro atoms. The van der Waals surface area contributed by atoms with Crippen molar-refractivity contribution in [3.63, 3.8) is 0 Å².